The Morgan fingerprint density at radius 2 is 2.36 bits per heavy atom. The van der Waals surface area contributed by atoms with Gasteiger partial charge in [-0.3, -0.25) is 0 Å². The van der Waals surface area contributed by atoms with Crippen LogP contribution in [0.15, 0.2) is 18.3 Å². The third-order valence-electron chi connectivity index (χ3n) is 2.71. The van der Waals surface area contributed by atoms with E-state index in [0.29, 0.717) is 10.2 Å². The van der Waals surface area contributed by atoms with E-state index in [-0.39, 0.29) is 0 Å². The van der Waals surface area contributed by atoms with Gasteiger partial charge in [0, 0.05) is 24.1 Å². The largest absolute Gasteiger partial charge is 0.353 e. The van der Waals surface area contributed by atoms with E-state index < -0.39 is 0 Å². The van der Waals surface area contributed by atoms with Crippen LogP contribution < -0.4 is 4.90 Å². The molecular formula is C10H14BrN3. The van der Waals surface area contributed by atoms with Crippen LogP contribution in [0.1, 0.15) is 13.8 Å². The molecule has 0 N–H and O–H groups in total. The lowest BCUT2D eigenvalue weighted by Crippen LogP contribution is -2.24. The standard InChI is InChI=1S/C10H14BrN3/c1-10(2)7-14(6-8(10)11)9-4-3-5-12-13-9/h3-5,8H,6-7H2,1-2H3. The topological polar surface area (TPSA) is 29.0 Å². The van der Waals surface area contributed by atoms with Gasteiger partial charge < -0.3 is 4.90 Å². The first-order chi connectivity index (χ1) is 6.59. The Balaban J connectivity index is 2.17. The third kappa shape index (κ3) is 1.75. The molecule has 1 saturated heterocycles. The van der Waals surface area contributed by atoms with E-state index in [0.717, 1.165) is 18.9 Å². The van der Waals surface area contributed by atoms with Crippen molar-refractivity contribution >= 4 is 21.7 Å². The molecule has 14 heavy (non-hydrogen) atoms. The van der Waals surface area contributed by atoms with Gasteiger partial charge in [-0.1, -0.05) is 29.8 Å². The Morgan fingerprint density at radius 1 is 1.57 bits per heavy atom. The lowest BCUT2D eigenvalue weighted by atomic mass is 9.93. The van der Waals surface area contributed by atoms with Crippen molar-refractivity contribution < 1.29 is 0 Å². The van der Waals surface area contributed by atoms with Gasteiger partial charge in [0.2, 0.25) is 0 Å². The zero-order chi connectivity index (χ0) is 10.2. The highest BCUT2D eigenvalue weighted by Crippen LogP contribution is 2.36. The van der Waals surface area contributed by atoms with E-state index in [2.05, 4.69) is 44.9 Å². The molecule has 76 valence electrons. The number of rotatable bonds is 1. The fraction of sp³-hybridized carbons (Fsp3) is 0.600. The van der Waals surface area contributed by atoms with Gasteiger partial charge in [-0.25, -0.2) is 0 Å². The number of hydrogen-bond donors (Lipinski definition) is 0. The maximum absolute atomic E-state index is 4.12. The van der Waals surface area contributed by atoms with E-state index in [1.165, 1.54) is 0 Å². The van der Waals surface area contributed by atoms with Gasteiger partial charge in [-0.15, -0.1) is 5.10 Å². The lowest BCUT2D eigenvalue weighted by molar-refractivity contribution is 0.434. The summed E-state index contributed by atoms with van der Waals surface area (Å²) in [5.74, 6) is 0.975. The average Bonchev–Trinajstić information content (AvgIpc) is 2.43. The van der Waals surface area contributed by atoms with Crippen LogP contribution in [0.2, 0.25) is 0 Å². The van der Waals surface area contributed by atoms with Crippen molar-refractivity contribution in [1.82, 2.24) is 10.2 Å². The number of halogens is 1. The van der Waals surface area contributed by atoms with Crippen molar-refractivity contribution in [2.45, 2.75) is 18.7 Å². The molecule has 0 amide bonds. The fourth-order valence-corrected chi connectivity index (χ4v) is 2.23. The highest BCUT2D eigenvalue weighted by molar-refractivity contribution is 9.09. The Morgan fingerprint density at radius 3 is 2.86 bits per heavy atom. The van der Waals surface area contributed by atoms with Crippen molar-refractivity contribution in [2.24, 2.45) is 5.41 Å². The van der Waals surface area contributed by atoms with E-state index in [9.17, 15) is 0 Å². The third-order valence-corrected chi connectivity index (χ3v) is 4.24. The maximum Gasteiger partial charge on any atom is 0.151 e. The van der Waals surface area contributed by atoms with Gasteiger partial charge in [0.05, 0.1) is 0 Å². The van der Waals surface area contributed by atoms with Crippen LogP contribution >= 0.6 is 15.9 Å². The summed E-state index contributed by atoms with van der Waals surface area (Å²) in [6.45, 7) is 6.57. The van der Waals surface area contributed by atoms with E-state index in [4.69, 9.17) is 0 Å². The van der Waals surface area contributed by atoms with Gasteiger partial charge >= 0.3 is 0 Å². The molecule has 0 aliphatic carbocycles. The number of nitrogens with zero attached hydrogens (tertiary/aromatic N) is 3. The summed E-state index contributed by atoms with van der Waals surface area (Å²) in [7, 11) is 0. The van der Waals surface area contributed by atoms with Gasteiger partial charge in [-0.05, 0) is 17.5 Å². The molecule has 2 rings (SSSR count). The van der Waals surface area contributed by atoms with Crippen LogP contribution in [0.25, 0.3) is 0 Å². The molecule has 0 radical (unpaired) electrons. The molecule has 3 nitrogen and oxygen atoms in total. The van der Waals surface area contributed by atoms with Crippen LogP contribution in [0, 0.1) is 5.41 Å². The molecule has 0 saturated carbocycles. The monoisotopic (exact) mass is 255 g/mol. The molecule has 2 heterocycles. The van der Waals surface area contributed by atoms with Crippen molar-refractivity contribution in [1.29, 1.82) is 0 Å². The van der Waals surface area contributed by atoms with Gasteiger partial charge in [0.1, 0.15) is 0 Å². The van der Waals surface area contributed by atoms with Crippen molar-refractivity contribution in [3.8, 4) is 0 Å². The molecule has 0 bridgehead atoms. The predicted octanol–water partition coefficient (Wildman–Crippen LogP) is 2.09. The molecule has 1 fully saturated rings. The Bertz CT molecular complexity index is 312. The van der Waals surface area contributed by atoms with Crippen LogP contribution in [-0.4, -0.2) is 28.1 Å². The van der Waals surface area contributed by atoms with Crippen molar-refractivity contribution in [2.75, 3.05) is 18.0 Å². The summed E-state index contributed by atoms with van der Waals surface area (Å²) in [5.41, 5.74) is 0.303. The zero-order valence-corrected chi connectivity index (χ0v) is 10.0. The highest BCUT2D eigenvalue weighted by Gasteiger charge is 2.38. The van der Waals surface area contributed by atoms with Crippen LogP contribution in [0.3, 0.4) is 0 Å². The first-order valence-electron chi connectivity index (χ1n) is 4.76. The zero-order valence-electron chi connectivity index (χ0n) is 8.44. The van der Waals surface area contributed by atoms with E-state index in [1.807, 2.05) is 12.1 Å². The minimum Gasteiger partial charge on any atom is -0.353 e. The predicted molar refractivity (Wildman–Crippen MR) is 60.7 cm³/mol. The molecule has 1 atom stereocenters. The normalized spacial score (nSPS) is 25.4. The number of hydrogen-bond acceptors (Lipinski definition) is 3. The molecule has 1 unspecified atom stereocenters. The molecule has 0 aromatic carbocycles. The highest BCUT2D eigenvalue weighted by atomic mass is 79.9. The van der Waals surface area contributed by atoms with Gasteiger partial charge in [0.25, 0.3) is 0 Å². The molecule has 1 aromatic rings. The summed E-state index contributed by atoms with van der Waals surface area (Å²) in [6, 6.07) is 3.94. The summed E-state index contributed by atoms with van der Waals surface area (Å²) < 4.78 is 0. The molecule has 4 heteroatoms. The van der Waals surface area contributed by atoms with Crippen molar-refractivity contribution in [3.63, 3.8) is 0 Å². The average molecular weight is 256 g/mol. The Labute approximate surface area is 92.7 Å². The lowest BCUT2D eigenvalue weighted by Gasteiger charge is -2.21. The summed E-state index contributed by atoms with van der Waals surface area (Å²) >= 11 is 3.71. The SMILES string of the molecule is CC1(C)CN(c2cccnn2)CC1Br. The second-order valence-corrected chi connectivity index (χ2v) is 5.52. The van der Waals surface area contributed by atoms with E-state index in [1.54, 1.807) is 6.20 Å². The van der Waals surface area contributed by atoms with Gasteiger partial charge in [0.15, 0.2) is 5.82 Å². The minimum atomic E-state index is 0.303. The Hall–Kier alpha value is -0.640. The quantitative estimate of drug-likeness (QED) is 0.720. The molecule has 1 aliphatic rings. The number of anilines is 1. The Kier molecular flexibility index (Phi) is 2.47. The number of alkyl halides is 1. The second-order valence-electron chi connectivity index (χ2n) is 4.42. The fourth-order valence-electron chi connectivity index (χ4n) is 1.73. The van der Waals surface area contributed by atoms with E-state index >= 15 is 0 Å². The number of aromatic nitrogens is 2. The summed E-state index contributed by atoms with van der Waals surface area (Å²) in [6.07, 6.45) is 1.70. The minimum absolute atomic E-state index is 0.303. The second kappa shape index (κ2) is 3.50. The summed E-state index contributed by atoms with van der Waals surface area (Å²) in [5, 5.41) is 8.01. The first kappa shape index (κ1) is 9.90. The van der Waals surface area contributed by atoms with Crippen LogP contribution in [0.5, 0.6) is 0 Å². The maximum atomic E-state index is 4.12. The van der Waals surface area contributed by atoms with Crippen LogP contribution in [-0.2, 0) is 0 Å². The smallest absolute Gasteiger partial charge is 0.151 e. The van der Waals surface area contributed by atoms with Crippen LogP contribution in [0.4, 0.5) is 5.82 Å². The molecule has 0 spiro atoms. The first-order valence-corrected chi connectivity index (χ1v) is 5.68. The summed E-state index contributed by atoms with van der Waals surface area (Å²) in [4.78, 5) is 2.80. The molecule has 1 aliphatic heterocycles. The van der Waals surface area contributed by atoms with Crippen molar-refractivity contribution in [3.05, 3.63) is 18.3 Å². The van der Waals surface area contributed by atoms with Gasteiger partial charge in [-0.2, -0.15) is 5.10 Å². The molecular weight excluding hydrogens is 242 g/mol. The molecule has 1 aromatic heterocycles.